The third kappa shape index (κ3) is 3.89. The van der Waals surface area contributed by atoms with Crippen LogP contribution >= 0.6 is 0 Å². The maximum atomic E-state index is 5.91. The summed E-state index contributed by atoms with van der Waals surface area (Å²) in [5, 5.41) is 1.51. The molecule has 0 saturated carbocycles. The molecule has 5 heteroatoms. The summed E-state index contributed by atoms with van der Waals surface area (Å²) in [5.74, 6) is 0. The molecular weight excluding hydrogens is 270 g/mol. The number of allylic oxidation sites excluding steroid dienone is 4. The van der Waals surface area contributed by atoms with Crippen LogP contribution in [0.3, 0.4) is 0 Å². The quantitative estimate of drug-likeness (QED) is 0.790. The monoisotopic (exact) mass is 299 g/mol. The molecule has 0 saturated heterocycles. The molecule has 1 rings (SSSR count). The van der Waals surface area contributed by atoms with Gasteiger partial charge in [0.2, 0.25) is 0 Å². The summed E-state index contributed by atoms with van der Waals surface area (Å²) in [5.41, 5.74) is 0.243. The summed E-state index contributed by atoms with van der Waals surface area (Å²) in [7, 11) is -0.328. The van der Waals surface area contributed by atoms with Crippen molar-refractivity contribution in [1.29, 1.82) is 0 Å². The Kier molecular flexibility index (Phi) is 5.01. The van der Waals surface area contributed by atoms with E-state index in [-0.39, 0.29) is 11.1 Å². The molecule has 0 spiro atoms. The Bertz CT molecular complexity index is 374. The van der Waals surface area contributed by atoms with Crippen molar-refractivity contribution in [2.24, 2.45) is 0 Å². The summed E-state index contributed by atoms with van der Waals surface area (Å²) in [4.78, 5) is 3.64. The highest BCUT2D eigenvalue weighted by Gasteiger charge is 2.51. The van der Waals surface area contributed by atoms with Crippen molar-refractivity contribution in [3.63, 3.8) is 0 Å². The lowest BCUT2D eigenvalue weighted by atomic mass is 10.1. The number of hydrogen-bond acceptors (Lipinski definition) is 3. The SMILES string of the molecule is CO[Si](NC(C)(C)C)(OC)C1C=CC=C1[Si](C)(C)C. The second-order valence-corrected chi connectivity index (χ2v) is 15.3. The van der Waals surface area contributed by atoms with Gasteiger partial charge in [-0.05, 0) is 20.8 Å². The molecular formula is C14H29NO2Si2. The van der Waals surface area contributed by atoms with Crippen molar-refractivity contribution in [2.75, 3.05) is 14.2 Å². The maximum absolute atomic E-state index is 5.91. The second-order valence-electron chi connectivity index (χ2n) is 7.19. The summed E-state index contributed by atoms with van der Waals surface area (Å²) in [6, 6.07) is 0. The summed E-state index contributed by atoms with van der Waals surface area (Å²) in [6.45, 7) is 13.6. The minimum atomic E-state index is -2.49. The van der Waals surface area contributed by atoms with Gasteiger partial charge in [0.1, 0.15) is 0 Å². The molecule has 110 valence electrons. The van der Waals surface area contributed by atoms with Gasteiger partial charge in [0.25, 0.3) is 0 Å². The number of nitrogens with one attached hydrogen (secondary N) is 1. The van der Waals surface area contributed by atoms with Gasteiger partial charge < -0.3 is 8.85 Å². The number of hydrogen-bond donors (Lipinski definition) is 1. The van der Waals surface area contributed by atoms with Gasteiger partial charge in [0.15, 0.2) is 0 Å². The standard InChI is InChI=1S/C14H29NO2Si2/c1-14(2,3)15-19(16-4,17-5)13-11-9-10-12(13)18(6,7)8/h9-11,13,15H,1-8H3. The molecule has 0 fully saturated rings. The van der Waals surface area contributed by atoms with Gasteiger partial charge in [-0.25, -0.2) is 0 Å². The molecule has 0 aromatic heterocycles. The van der Waals surface area contributed by atoms with E-state index in [1.807, 2.05) is 0 Å². The van der Waals surface area contributed by atoms with Crippen LogP contribution in [0.2, 0.25) is 25.2 Å². The van der Waals surface area contributed by atoms with Crippen molar-refractivity contribution in [3.05, 3.63) is 23.4 Å². The van der Waals surface area contributed by atoms with Gasteiger partial charge in [0.05, 0.1) is 13.6 Å². The third-order valence-corrected chi connectivity index (χ3v) is 9.48. The molecule has 1 N–H and O–H groups in total. The molecule has 0 heterocycles. The van der Waals surface area contributed by atoms with Crippen molar-refractivity contribution < 1.29 is 8.85 Å². The lowest BCUT2D eigenvalue weighted by Gasteiger charge is -2.41. The minimum absolute atomic E-state index is 0.0285. The first-order valence-corrected chi connectivity index (χ1v) is 12.2. The van der Waals surface area contributed by atoms with E-state index >= 15 is 0 Å². The van der Waals surface area contributed by atoms with Gasteiger partial charge >= 0.3 is 8.72 Å². The minimum Gasteiger partial charge on any atom is -0.386 e. The van der Waals surface area contributed by atoms with Crippen LogP contribution in [0.4, 0.5) is 0 Å². The average Bonchev–Trinajstić information content (AvgIpc) is 2.73. The van der Waals surface area contributed by atoms with E-state index in [0.717, 1.165) is 0 Å². The second kappa shape index (κ2) is 5.65. The Morgan fingerprint density at radius 2 is 1.63 bits per heavy atom. The summed E-state index contributed by atoms with van der Waals surface area (Å²) >= 11 is 0. The predicted octanol–water partition coefficient (Wildman–Crippen LogP) is 3.35. The zero-order valence-electron chi connectivity index (χ0n) is 13.6. The van der Waals surface area contributed by atoms with Crippen LogP contribution in [0.25, 0.3) is 0 Å². The fourth-order valence-electron chi connectivity index (χ4n) is 2.57. The molecule has 0 aliphatic heterocycles. The molecule has 1 unspecified atom stereocenters. The van der Waals surface area contributed by atoms with Gasteiger partial charge in [-0.2, -0.15) is 0 Å². The fraction of sp³-hybridized carbons (Fsp3) is 0.714. The molecule has 1 aliphatic carbocycles. The Hall–Kier alpha value is -0.206. The van der Waals surface area contributed by atoms with Crippen molar-refractivity contribution in [1.82, 2.24) is 4.98 Å². The van der Waals surface area contributed by atoms with Gasteiger partial charge in [-0.15, -0.1) is 0 Å². The highest BCUT2D eigenvalue weighted by atomic mass is 28.4. The van der Waals surface area contributed by atoms with E-state index in [2.05, 4.69) is 63.6 Å². The van der Waals surface area contributed by atoms with E-state index in [9.17, 15) is 0 Å². The van der Waals surface area contributed by atoms with E-state index in [0.29, 0.717) is 0 Å². The lowest BCUT2D eigenvalue weighted by Crippen LogP contribution is -2.65. The smallest absolute Gasteiger partial charge is 0.386 e. The normalized spacial score (nSPS) is 20.8. The van der Waals surface area contributed by atoms with Crippen LogP contribution in [-0.2, 0) is 8.85 Å². The fourth-order valence-corrected chi connectivity index (χ4v) is 9.01. The number of rotatable bonds is 5. The van der Waals surface area contributed by atoms with E-state index in [4.69, 9.17) is 8.85 Å². The molecule has 0 radical (unpaired) electrons. The van der Waals surface area contributed by atoms with Crippen LogP contribution in [0.5, 0.6) is 0 Å². The highest BCUT2D eigenvalue weighted by molar-refractivity contribution is 6.86. The van der Waals surface area contributed by atoms with Crippen LogP contribution < -0.4 is 4.98 Å². The molecule has 0 aromatic rings. The van der Waals surface area contributed by atoms with E-state index in [1.54, 1.807) is 14.2 Å². The average molecular weight is 300 g/mol. The Morgan fingerprint density at radius 3 is 2.00 bits per heavy atom. The van der Waals surface area contributed by atoms with Crippen molar-refractivity contribution in [3.8, 4) is 0 Å². The van der Waals surface area contributed by atoms with Crippen molar-refractivity contribution >= 4 is 16.8 Å². The Morgan fingerprint density at radius 1 is 1.11 bits per heavy atom. The van der Waals surface area contributed by atoms with Crippen molar-refractivity contribution in [2.45, 2.75) is 51.5 Å². The van der Waals surface area contributed by atoms with Crippen LogP contribution in [0.1, 0.15) is 20.8 Å². The molecule has 0 amide bonds. The molecule has 1 atom stereocenters. The Balaban J connectivity index is 3.13. The highest BCUT2D eigenvalue weighted by Crippen LogP contribution is 2.40. The summed E-state index contributed by atoms with van der Waals surface area (Å²) in [6.07, 6.45) is 6.66. The van der Waals surface area contributed by atoms with Crippen LogP contribution in [0.15, 0.2) is 23.4 Å². The zero-order valence-corrected chi connectivity index (χ0v) is 15.6. The molecule has 3 nitrogen and oxygen atoms in total. The molecule has 0 bridgehead atoms. The summed E-state index contributed by atoms with van der Waals surface area (Å²) < 4.78 is 11.8. The Labute approximate surface area is 120 Å². The topological polar surface area (TPSA) is 30.5 Å². The van der Waals surface area contributed by atoms with E-state index < -0.39 is 16.8 Å². The van der Waals surface area contributed by atoms with E-state index in [1.165, 1.54) is 5.20 Å². The van der Waals surface area contributed by atoms with Crippen LogP contribution in [0, 0.1) is 0 Å². The van der Waals surface area contributed by atoms with Gasteiger partial charge in [0, 0.05) is 19.8 Å². The first kappa shape index (κ1) is 16.8. The largest absolute Gasteiger partial charge is 0.435 e. The molecule has 19 heavy (non-hydrogen) atoms. The van der Waals surface area contributed by atoms with Gasteiger partial charge in [-0.3, -0.25) is 4.98 Å². The lowest BCUT2D eigenvalue weighted by molar-refractivity contribution is 0.209. The zero-order chi connectivity index (χ0) is 14.9. The van der Waals surface area contributed by atoms with Crippen LogP contribution in [-0.4, -0.2) is 36.6 Å². The first-order valence-electron chi connectivity index (χ1n) is 6.84. The molecule has 0 aromatic carbocycles. The third-order valence-electron chi connectivity index (χ3n) is 3.35. The first-order chi connectivity index (χ1) is 8.56. The molecule has 1 aliphatic rings. The predicted molar refractivity (Wildman–Crippen MR) is 87.0 cm³/mol. The maximum Gasteiger partial charge on any atom is 0.435 e. The van der Waals surface area contributed by atoms with Gasteiger partial charge in [-0.1, -0.05) is 43.1 Å².